The highest BCUT2D eigenvalue weighted by atomic mass is 16.3. The SMILES string of the molecule is Oc1[nH]c2ccccc2c1/C=c1/ccc2c(c1)N=NC=2C#Cc1cccnc1. The second-order valence-electron chi connectivity index (χ2n) is 6.39. The molecule has 0 radical (unpaired) electrons. The zero-order valence-electron chi connectivity index (χ0n) is 14.7. The minimum atomic E-state index is 0.151. The molecule has 5 nitrogen and oxygen atoms in total. The van der Waals surface area contributed by atoms with Crippen LogP contribution in [0.2, 0.25) is 0 Å². The van der Waals surface area contributed by atoms with Crippen molar-refractivity contribution in [1.29, 1.82) is 0 Å². The Morgan fingerprint density at radius 1 is 0.964 bits per heavy atom. The summed E-state index contributed by atoms with van der Waals surface area (Å²) in [6.45, 7) is 0. The number of aromatic hydroxyl groups is 1. The van der Waals surface area contributed by atoms with Gasteiger partial charge in [0.1, 0.15) is 5.70 Å². The van der Waals surface area contributed by atoms with Crippen molar-refractivity contribution in [3.63, 3.8) is 0 Å². The van der Waals surface area contributed by atoms with Gasteiger partial charge in [-0.3, -0.25) is 4.98 Å². The van der Waals surface area contributed by atoms with E-state index in [-0.39, 0.29) is 5.88 Å². The van der Waals surface area contributed by atoms with E-state index in [0.717, 1.165) is 38.2 Å². The van der Waals surface area contributed by atoms with Gasteiger partial charge in [0.25, 0.3) is 0 Å². The molecule has 0 unspecified atom stereocenters. The molecule has 2 aromatic carbocycles. The van der Waals surface area contributed by atoms with Gasteiger partial charge in [0, 0.05) is 39.6 Å². The number of nitrogens with zero attached hydrogens (tertiary/aromatic N) is 3. The largest absolute Gasteiger partial charge is 0.494 e. The summed E-state index contributed by atoms with van der Waals surface area (Å²) in [5.74, 6) is 6.27. The van der Waals surface area contributed by atoms with Crippen LogP contribution in [-0.4, -0.2) is 15.1 Å². The number of pyridine rings is 1. The van der Waals surface area contributed by atoms with Crippen molar-refractivity contribution >= 4 is 28.4 Å². The molecule has 2 aromatic heterocycles. The van der Waals surface area contributed by atoms with E-state index in [2.05, 4.69) is 32.0 Å². The molecule has 28 heavy (non-hydrogen) atoms. The van der Waals surface area contributed by atoms with E-state index >= 15 is 0 Å². The van der Waals surface area contributed by atoms with E-state index in [1.807, 2.05) is 60.7 Å². The van der Waals surface area contributed by atoms with E-state index in [4.69, 9.17) is 0 Å². The first-order valence-corrected chi connectivity index (χ1v) is 8.77. The number of benzene rings is 2. The number of para-hydroxylation sites is 1. The molecular formula is C23H14N4O. The first-order chi connectivity index (χ1) is 13.8. The normalized spacial score (nSPS) is 12.9. The van der Waals surface area contributed by atoms with Crippen molar-refractivity contribution in [1.82, 2.24) is 9.97 Å². The van der Waals surface area contributed by atoms with Gasteiger partial charge < -0.3 is 10.1 Å². The maximum atomic E-state index is 10.3. The molecule has 5 heteroatoms. The van der Waals surface area contributed by atoms with Crippen LogP contribution in [0.5, 0.6) is 5.88 Å². The van der Waals surface area contributed by atoms with E-state index in [1.165, 1.54) is 0 Å². The molecule has 0 spiro atoms. The van der Waals surface area contributed by atoms with E-state index in [9.17, 15) is 5.11 Å². The number of hydrogen-bond acceptors (Lipinski definition) is 4. The minimum Gasteiger partial charge on any atom is -0.494 e. The first-order valence-electron chi connectivity index (χ1n) is 8.77. The molecule has 0 amide bonds. The number of rotatable bonds is 1. The van der Waals surface area contributed by atoms with Crippen molar-refractivity contribution in [3.05, 3.63) is 88.6 Å². The minimum absolute atomic E-state index is 0.151. The molecule has 3 heterocycles. The lowest BCUT2D eigenvalue weighted by Gasteiger charge is -1.94. The molecule has 132 valence electrons. The lowest BCUT2D eigenvalue weighted by molar-refractivity contribution is 0.457. The third-order valence-corrected chi connectivity index (χ3v) is 4.56. The average Bonchev–Trinajstić information content (AvgIpc) is 3.28. The van der Waals surface area contributed by atoms with E-state index in [1.54, 1.807) is 12.4 Å². The Morgan fingerprint density at radius 3 is 2.79 bits per heavy atom. The molecule has 0 saturated carbocycles. The molecule has 0 atom stereocenters. The second-order valence-corrected chi connectivity index (χ2v) is 6.39. The number of hydrogen-bond donors (Lipinski definition) is 2. The lowest BCUT2D eigenvalue weighted by atomic mass is 10.1. The van der Waals surface area contributed by atoms with Crippen LogP contribution in [0.4, 0.5) is 5.69 Å². The molecule has 1 aliphatic heterocycles. The predicted molar refractivity (Wildman–Crippen MR) is 108 cm³/mol. The first kappa shape index (κ1) is 16.0. The third-order valence-electron chi connectivity index (χ3n) is 4.56. The molecule has 0 bridgehead atoms. The number of aromatic nitrogens is 2. The maximum Gasteiger partial charge on any atom is 0.196 e. The van der Waals surface area contributed by atoms with Gasteiger partial charge in [0.2, 0.25) is 0 Å². The summed E-state index contributed by atoms with van der Waals surface area (Å²) in [7, 11) is 0. The van der Waals surface area contributed by atoms with Gasteiger partial charge in [-0.2, -0.15) is 0 Å². The third kappa shape index (κ3) is 2.83. The molecule has 0 aliphatic carbocycles. The molecule has 5 rings (SSSR count). The fraction of sp³-hybridized carbons (Fsp3) is 0. The number of H-pyrrole nitrogens is 1. The standard InChI is InChI=1S/C23H14N4O/c28-23-19(17-5-1-2-6-20(17)25-23)12-16-7-9-18-21(26-27-22(18)13-16)10-8-15-4-3-11-24-14-15/h1-7,9,11-14,25,28H/b16-12-. The summed E-state index contributed by atoms with van der Waals surface area (Å²) < 4.78 is 0. The van der Waals surface area contributed by atoms with E-state index < -0.39 is 0 Å². The predicted octanol–water partition coefficient (Wildman–Crippen LogP) is 3.35. The average molecular weight is 362 g/mol. The van der Waals surface area contributed by atoms with Gasteiger partial charge in [-0.15, -0.1) is 10.2 Å². The van der Waals surface area contributed by atoms with Crippen molar-refractivity contribution < 1.29 is 5.11 Å². The Bertz CT molecular complexity index is 1420. The highest BCUT2D eigenvalue weighted by Gasteiger charge is 2.09. The number of aromatic amines is 1. The van der Waals surface area contributed by atoms with Gasteiger partial charge >= 0.3 is 0 Å². The summed E-state index contributed by atoms with van der Waals surface area (Å²) >= 11 is 0. The molecule has 4 aromatic rings. The second kappa shape index (κ2) is 6.53. The molecule has 1 aliphatic rings. The number of fused-ring (bicyclic) bond motifs is 2. The van der Waals surface area contributed by atoms with Gasteiger partial charge in [-0.25, -0.2) is 0 Å². The summed E-state index contributed by atoms with van der Waals surface area (Å²) in [6, 6.07) is 17.4. The Hall–Kier alpha value is -4.17. The van der Waals surface area contributed by atoms with Crippen LogP contribution in [0, 0.1) is 11.8 Å². The Labute approximate surface area is 160 Å². The summed E-state index contributed by atoms with van der Waals surface area (Å²) in [5, 5.41) is 21.5. The summed E-state index contributed by atoms with van der Waals surface area (Å²) in [5.41, 5.74) is 3.89. The number of azo groups is 1. The van der Waals surface area contributed by atoms with Crippen LogP contribution in [0.1, 0.15) is 11.1 Å². The van der Waals surface area contributed by atoms with Crippen molar-refractivity contribution in [2.75, 3.05) is 0 Å². The quantitative estimate of drug-likeness (QED) is 0.510. The van der Waals surface area contributed by atoms with Crippen LogP contribution in [0.15, 0.2) is 77.2 Å². The summed E-state index contributed by atoms with van der Waals surface area (Å²) in [6.07, 6.45) is 5.36. The monoisotopic (exact) mass is 362 g/mol. The van der Waals surface area contributed by atoms with Crippen molar-refractivity contribution in [2.24, 2.45) is 10.2 Å². The maximum absolute atomic E-state index is 10.3. The highest BCUT2D eigenvalue weighted by Crippen LogP contribution is 2.27. The van der Waals surface area contributed by atoms with Crippen molar-refractivity contribution in [2.45, 2.75) is 0 Å². The van der Waals surface area contributed by atoms with Gasteiger partial charge in [0.15, 0.2) is 5.88 Å². The Morgan fingerprint density at radius 2 is 1.89 bits per heavy atom. The van der Waals surface area contributed by atoms with Crippen LogP contribution in [-0.2, 0) is 0 Å². The zero-order chi connectivity index (χ0) is 18.9. The Balaban J connectivity index is 1.58. The van der Waals surface area contributed by atoms with Crippen LogP contribution < -0.4 is 10.4 Å². The molecule has 0 fully saturated rings. The summed E-state index contributed by atoms with van der Waals surface area (Å²) in [4.78, 5) is 7.05. The van der Waals surface area contributed by atoms with Gasteiger partial charge in [0.05, 0.1) is 5.69 Å². The van der Waals surface area contributed by atoms with Crippen LogP contribution in [0.25, 0.3) is 22.7 Å². The lowest BCUT2D eigenvalue weighted by Crippen LogP contribution is -2.08. The molecule has 0 saturated heterocycles. The smallest absolute Gasteiger partial charge is 0.196 e. The number of nitrogens with one attached hydrogen (secondary N) is 1. The highest BCUT2D eigenvalue weighted by molar-refractivity contribution is 5.91. The fourth-order valence-corrected chi connectivity index (χ4v) is 3.20. The fourth-order valence-electron chi connectivity index (χ4n) is 3.20. The van der Waals surface area contributed by atoms with Crippen LogP contribution in [0.3, 0.4) is 0 Å². The van der Waals surface area contributed by atoms with Gasteiger partial charge in [-0.05, 0) is 47.5 Å². The van der Waals surface area contributed by atoms with Crippen molar-refractivity contribution in [3.8, 4) is 17.7 Å². The Kier molecular flexibility index (Phi) is 3.74. The van der Waals surface area contributed by atoms with Gasteiger partial charge in [-0.1, -0.05) is 30.2 Å². The molecular weight excluding hydrogens is 348 g/mol. The zero-order valence-corrected chi connectivity index (χ0v) is 14.7. The molecule has 2 N–H and O–H groups in total. The van der Waals surface area contributed by atoms with E-state index in [0.29, 0.717) is 5.70 Å². The van der Waals surface area contributed by atoms with Crippen LogP contribution >= 0.6 is 0 Å². The topological polar surface area (TPSA) is 73.6 Å².